The van der Waals surface area contributed by atoms with Crippen LogP contribution >= 0.6 is 0 Å². The minimum Gasteiger partial charge on any atom is -0.353 e. The van der Waals surface area contributed by atoms with E-state index in [1.165, 1.54) is 28.0 Å². The number of urea groups is 1. The lowest BCUT2D eigenvalue weighted by Gasteiger charge is -2.33. The minimum atomic E-state index is -4.69. The van der Waals surface area contributed by atoms with E-state index in [4.69, 9.17) is 0 Å². The molecule has 0 radical (unpaired) electrons. The first kappa shape index (κ1) is 28.2. The third-order valence-electron chi connectivity index (χ3n) is 6.95. The lowest BCUT2D eigenvalue weighted by Crippen LogP contribution is -2.50. The number of hydrogen-bond donors (Lipinski definition) is 2. The second-order valence-corrected chi connectivity index (χ2v) is 9.81. The van der Waals surface area contributed by atoms with Crippen molar-refractivity contribution >= 4 is 17.8 Å². The molecule has 2 aliphatic heterocycles. The monoisotopic (exact) mass is 543 g/mol. The Kier molecular flexibility index (Phi) is 8.29. The van der Waals surface area contributed by atoms with Gasteiger partial charge in [0.15, 0.2) is 0 Å². The van der Waals surface area contributed by atoms with E-state index >= 15 is 0 Å². The van der Waals surface area contributed by atoms with Crippen molar-refractivity contribution in [1.29, 1.82) is 0 Å². The smallest absolute Gasteiger partial charge is 0.353 e. The number of likely N-dealkylation sites (N-methyl/N-ethyl adjacent to an activating group) is 2. The molecule has 2 aromatic carbocycles. The topological polar surface area (TPSA) is 85.0 Å². The predicted molar refractivity (Wildman–Crippen MR) is 139 cm³/mol. The van der Waals surface area contributed by atoms with Gasteiger partial charge in [-0.25, -0.2) is 4.79 Å². The molecule has 0 aromatic heterocycles. The number of hydrogen-bond acceptors (Lipinski definition) is 4. The van der Waals surface area contributed by atoms with E-state index in [9.17, 15) is 27.6 Å². The number of nitrogens with zero attached hydrogens (tertiary/aromatic N) is 3. The van der Waals surface area contributed by atoms with Gasteiger partial charge in [0.1, 0.15) is 6.04 Å². The van der Waals surface area contributed by atoms with Gasteiger partial charge in [-0.2, -0.15) is 13.2 Å². The van der Waals surface area contributed by atoms with Crippen molar-refractivity contribution in [2.75, 3.05) is 40.3 Å². The van der Waals surface area contributed by atoms with Gasteiger partial charge in [-0.15, -0.1) is 0 Å². The molecule has 2 N–H and O–H groups in total. The second kappa shape index (κ2) is 11.5. The summed E-state index contributed by atoms with van der Waals surface area (Å²) >= 11 is 0. The van der Waals surface area contributed by atoms with Crippen LogP contribution in [-0.2, 0) is 22.2 Å². The van der Waals surface area contributed by atoms with Gasteiger partial charge in [0, 0.05) is 26.1 Å². The van der Waals surface area contributed by atoms with Crippen LogP contribution in [0.3, 0.4) is 0 Å². The summed E-state index contributed by atoms with van der Waals surface area (Å²) in [5.74, 6) is -0.947. The zero-order valence-corrected chi connectivity index (χ0v) is 22.1. The lowest BCUT2D eigenvalue weighted by atomic mass is 9.91. The molecule has 4 amide bonds. The maximum Gasteiger partial charge on any atom is 0.416 e. The van der Waals surface area contributed by atoms with Crippen molar-refractivity contribution in [3.63, 3.8) is 0 Å². The normalized spacial score (nSPS) is 18.4. The third kappa shape index (κ3) is 5.93. The molecular weight excluding hydrogens is 511 g/mol. The molecule has 2 aliphatic rings. The number of halogens is 3. The molecule has 0 fully saturated rings. The molecule has 0 spiro atoms. The summed E-state index contributed by atoms with van der Waals surface area (Å²) in [4.78, 5) is 45.1. The van der Waals surface area contributed by atoms with Crippen LogP contribution < -0.4 is 10.6 Å². The van der Waals surface area contributed by atoms with Gasteiger partial charge >= 0.3 is 12.2 Å². The number of carbonyl (C=O) groups is 3. The van der Waals surface area contributed by atoms with Crippen molar-refractivity contribution in [1.82, 2.24) is 25.3 Å². The second-order valence-electron chi connectivity index (χ2n) is 9.81. The van der Waals surface area contributed by atoms with Crippen molar-refractivity contribution in [3.8, 4) is 0 Å². The van der Waals surface area contributed by atoms with Crippen LogP contribution in [0.2, 0.25) is 0 Å². The SMILES string of the molecule is CCN1C(=O)N[C@@H](c2ccccc2C(F)(F)F)C2=C1CN([C@@H](Cc1ccccc1)C(=O)NCCN(C)C)C2=O. The Labute approximate surface area is 225 Å². The van der Waals surface area contributed by atoms with Gasteiger partial charge in [0.25, 0.3) is 5.91 Å². The lowest BCUT2D eigenvalue weighted by molar-refractivity contribution is -0.138. The van der Waals surface area contributed by atoms with Crippen LogP contribution in [0.4, 0.5) is 18.0 Å². The molecule has 8 nitrogen and oxygen atoms in total. The molecule has 0 unspecified atom stereocenters. The number of carbonyl (C=O) groups excluding carboxylic acids is 3. The van der Waals surface area contributed by atoms with E-state index in [0.717, 1.165) is 11.6 Å². The van der Waals surface area contributed by atoms with Gasteiger partial charge in [-0.05, 0) is 38.2 Å². The standard InChI is InChI=1S/C28H32F3N5O3/c1-4-35-22-17-36(21(16-18-10-6-5-7-11-18)25(37)32-14-15-34(2)3)26(38)23(22)24(33-27(35)39)19-12-8-9-13-20(19)28(29,30)31/h5-13,21,24H,4,14-17H2,1-3H3,(H,32,37)(H,33,39)/t21-,24-/m0/s1. The molecule has 2 heterocycles. The van der Waals surface area contributed by atoms with Crippen molar-refractivity contribution in [3.05, 3.63) is 82.6 Å². The summed E-state index contributed by atoms with van der Waals surface area (Å²) in [6.07, 6.45) is -4.48. The van der Waals surface area contributed by atoms with Crippen molar-refractivity contribution in [2.45, 2.75) is 31.6 Å². The highest BCUT2D eigenvalue weighted by Gasteiger charge is 2.48. The van der Waals surface area contributed by atoms with Crippen LogP contribution in [0.15, 0.2) is 65.9 Å². The Morgan fingerprint density at radius 2 is 1.77 bits per heavy atom. The average Bonchev–Trinajstić information content (AvgIpc) is 3.23. The van der Waals surface area contributed by atoms with Gasteiger partial charge < -0.3 is 20.4 Å². The third-order valence-corrected chi connectivity index (χ3v) is 6.95. The zero-order valence-electron chi connectivity index (χ0n) is 22.1. The molecule has 0 aliphatic carbocycles. The highest BCUT2D eigenvalue weighted by atomic mass is 19.4. The van der Waals surface area contributed by atoms with Crippen LogP contribution in [0.5, 0.6) is 0 Å². The number of alkyl halides is 3. The molecule has 208 valence electrons. The van der Waals surface area contributed by atoms with Crippen LogP contribution in [0.1, 0.15) is 29.7 Å². The molecule has 0 bridgehead atoms. The summed E-state index contributed by atoms with van der Waals surface area (Å²) in [6, 6.07) is 11.3. The maximum atomic E-state index is 14.0. The minimum absolute atomic E-state index is 0.0484. The molecule has 39 heavy (non-hydrogen) atoms. The zero-order chi connectivity index (χ0) is 28.3. The van der Waals surface area contributed by atoms with Gasteiger partial charge in [0.05, 0.1) is 29.4 Å². The summed E-state index contributed by atoms with van der Waals surface area (Å²) < 4.78 is 41.8. The van der Waals surface area contributed by atoms with E-state index in [1.807, 2.05) is 49.3 Å². The van der Waals surface area contributed by atoms with E-state index in [-0.39, 0.29) is 36.6 Å². The number of nitrogens with one attached hydrogen (secondary N) is 2. The largest absolute Gasteiger partial charge is 0.416 e. The van der Waals surface area contributed by atoms with E-state index in [2.05, 4.69) is 10.6 Å². The van der Waals surface area contributed by atoms with Crippen LogP contribution in [0.25, 0.3) is 0 Å². The Morgan fingerprint density at radius 3 is 2.41 bits per heavy atom. The van der Waals surface area contributed by atoms with Gasteiger partial charge in [-0.3, -0.25) is 14.5 Å². The Hall–Kier alpha value is -3.86. The number of benzene rings is 2. The highest BCUT2D eigenvalue weighted by molar-refractivity contribution is 6.03. The fraction of sp³-hybridized carbons (Fsp3) is 0.393. The predicted octanol–water partition coefficient (Wildman–Crippen LogP) is 3.18. The molecular formula is C28H32F3N5O3. The van der Waals surface area contributed by atoms with E-state index < -0.39 is 35.8 Å². The molecule has 4 rings (SSSR count). The first-order chi connectivity index (χ1) is 18.5. The van der Waals surface area contributed by atoms with Crippen molar-refractivity contribution in [2.24, 2.45) is 0 Å². The number of amides is 4. The number of rotatable bonds is 9. The summed E-state index contributed by atoms with van der Waals surface area (Å²) in [5.41, 5.74) is 0.0376. The molecule has 11 heteroatoms. The average molecular weight is 544 g/mol. The molecule has 0 saturated carbocycles. The Morgan fingerprint density at radius 1 is 1.10 bits per heavy atom. The quantitative estimate of drug-likeness (QED) is 0.509. The fourth-order valence-corrected chi connectivity index (χ4v) is 5.04. The fourth-order valence-electron chi connectivity index (χ4n) is 5.04. The Bertz CT molecular complexity index is 1260. The first-order valence-corrected chi connectivity index (χ1v) is 12.8. The van der Waals surface area contributed by atoms with Gasteiger partial charge in [0.2, 0.25) is 5.91 Å². The molecule has 0 saturated heterocycles. The summed E-state index contributed by atoms with van der Waals surface area (Å²) in [5, 5.41) is 5.49. The van der Waals surface area contributed by atoms with Gasteiger partial charge in [-0.1, -0.05) is 48.5 Å². The molecule has 2 aromatic rings. The van der Waals surface area contributed by atoms with Crippen molar-refractivity contribution < 1.29 is 27.6 Å². The summed E-state index contributed by atoms with van der Waals surface area (Å²) in [7, 11) is 3.75. The maximum absolute atomic E-state index is 14.0. The van der Waals surface area contributed by atoms with Crippen LogP contribution in [-0.4, -0.2) is 78.9 Å². The summed E-state index contributed by atoms with van der Waals surface area (Å²) in [6.45, 7) is 2.80. The highest BCUT2D eigenvalue weighted by Crippen LogP contribution is 2.42. The Balaban J connectivity index is 1.73. The first-order valence-electron chi connectivity index (χ1n) is 12.8. The van der Waals surface area contributed by atoms with Crippen LogP contribution in [0, 0.1) is 0 Å². The molecule has 2 atom stereocenters. The van der Waals surface area contributed by atoms with E-state index in [0.29, 0.717) is 18.8 Å². The van der Waals surface area contributed by atoms with E-state index in [1.54, 1.807) is 6.92 Å².